The fourth-order valence-electron chi connectivity index (χ4n) is 4.49. The van der Waals surface area contributed by atoms with Crippen molar-refractivity contribution in [2.75, 3.05) is 38.1 Å². The Kier molecular flexibility index (Phi) is 7.99. The molecule has 2 aliphatic heterocycles. The number of rotatable bonds is 6. The first-order valence-corrected chi connectivity index (χ1v) is 13.4. The molecule has 15 heteroatoms. The molecular weight excluding hydrogens is 531 g/mol. The molecule has 2 atom stereocenters. The number of benzene rings is 1. The summed E-state index contributed by atoms with van der Waals surface area (Å²) in [5.74, 6) is -0.536. The fourth-order valence-corrected chi connectivity index (χ4v) is 6.36. The number of urea groups is 1. The zero-order valence-corrected chi connectivity index (χ0v) is 21.6. The number of amides is 3. The summed E-state index contributed by atoms with van der Waals surface area (Å²) in [6.07, 6.45) is -3.09. The standard InChI is InChI=1S/C23H28F3N5O6S/c1-14-20(15(2)37-29-14)38(34,35)31-10-9-30(13-19(31)21(32)27-12-18-4-3-11-36-18)22(33)28-17-7-5-16(6-8-17)23(24,25)26/h5-8,18-19H,3-4,9-13H2,1-2H3,(H,27,32)(H,28,33). The number of nitrogens with one attached hydrogen (secondary N) is 2. The second-order valence-electron chi connectivity index (χ2n) is 9.12. The molecule has 0 radical (unpaired) electrons. The first-order chi connectivity index (χ1) is 17.9. The van der Waals surface area contributed by atoms with E-state index in [9.17, 15) is 31.2 Å². The maximum Gasteiger partial charge on any atom is 0.416 e. The van der Waals surface area contributed by atoms with Crippen LogP contribution in [-0.2, 0) is 25.7 Å². The van der Waals surface area contributed by atoms with E-state index < -0.39 is 39.7 Å². The molecule has 2 unspecified atom stereocenters. The first-order valence-electron chi connectivity index (χ1n) is 11.9. The molecule has 0 saturated carbocycles. The highest BCUT2D eigenvalue weighted by Gasteiger charge is 2.43. The summed E-state index contributed by atoms with van der Waals surface area (Å²) in [6.45, 7) is 3.14. The number of halogens is 3. The number of hydrogen-bond acceptors (Lipinski definition) is 7. The normalized spacial score (nSPS) is 20.9. The summed E-state index contributed by atoms with van der Waals surface area (Å²) in [6, 6.07) is 1.95. The van der Waals surface area contributed by atoms with Gasteiger partial charge in [0.1, 0.15) is 16.6 Å². The molecule has 0 bridgehead atoms. The lowest BCUT2D eigenvalue weighted by molar-refractivity contribution is -0.137. The Morgan fingerprint density at radius 3 is 2.45 bits per heavy atom. The van der Waals surface area contributed by atoms with Crippen molar-refractivity contribution in [1.29, 1.82) is 0 Å². The second kappa shape index (κ2) is 10.9. The van der Waals surface area contributed by atoms with Gasteiger partial charge in [-0.3, -0.25) is 4.79 Å². The third-order valence-corrected chi connectivity index (χ3v) is 8.60. The van der Waals surface area contributed by atoms with Crippen molar-refractivity contribution in [1.82, 2.24) is 19.7 Å². The van der Waals surface area contributed by atoms with Gasteiger partial charge in [-0.1, -0.05) is 5.16 Å². The molecule has 3 heterocycles. The quantitative estimate of drug-likeness (QED) is 0.556. The minimum Gasteiger partial charge on any atom is -0.376 e. The molecule has 0 spiro atoms. The Labute approximate surface area is 217 Å². The minimum atomic E-state index is -4.52. The number of alkyl halides is 3. The van der Waals surface area contributed by atoms with Gasteiger partial charge in [0, 0.05) is 38.5 Å². The van der Waals surface area contributed by atoms with Gasteiger partial charge in [-0.25, -0.2) is 13.2 Å². The number of sulfonamides is 1. The largest absolute Gasteiger partial charge is 0.416 e. The highest BCUT2D eigenvalue weighted by molar-refractivity contribution is 7.89. The number of aromatic nitrogens is 1. The molecule has 1 aromatic carbocycles. The van der Waals surface area contributed by atoms with Gasteiger partial charge in [-0.05, 0) is 51.0 Å². The average molecular weight is 560 g/mol. The minimum absolute atomic E-state index is 0.0649. The predicted molar refractivity (Wildman–Crippen MR) is 128 cm³/mol. The molecule has 11 nitrogen and oxygen atoms in total. The van der Waals surface area contributed by atoms with Crippen LogP contribution in [0.2, 0.25) is 0 Å². The van der Waals surface area contributed by atoms with E-state index in [1.165, 1.54) is 18.7 Å². The highest BCUT2D eigenvalue weighted by atomic mass is 32.2. The molecule has 1 aromatic heterocycles. The van der Waals surface area contributed by atoms with Crippen molar-refractivity contribution in [3.8, 4) is 0 Å². The Morgan fingerprint density at radius 1 is 1.16 bits per heavy atom. The van der Waals surface area contributed by atoms with Gasteiger partial charge in [-0.15, -0.1) is 0 Å². The van der Waals surface area contributed by atoms with Crippen molar-refractivity contribution >= 4 is 27.6 Å². The summed E-state index contributed by atoms with van der Waals surface area (Å²) in [7, 11) is -4.22. The van der Waals surface area contributed by atoms with Crippen LogP contribution >= 0.6 is 0 Å². The number of carbonyl (C=O) groups is 2. The van der Waals surface area contributed by atoms with Crippen LogP contribution in [0.5, 0.6) is 0 Å². The van der Waals surface area contributed by atoms with Crippen molar-refractivity contribution in [3.05, 3.63) is 41.3 Å². The van der Waals surface area contributed by atoms with E-state index in [4.69, 9.17) is 9.26 Å². The smallest absolute Gasteiger partial charge is 0.376 e. The summed E-state index contributed by atoms with van der Waals surface area (Å²) in [5.41, 5.74) is -0.603. The molecule has 3 amide bonds. The van der Waals surface area contributed by atoms with E-state index in [2.05, 4.69) is 15.8 Å². The third-order valence-electron chi connectivity index (χ3n) is 6.45. The Morgan fingerprint density at radius 2 is 1.87 bits per heavy atom. The lowest BCUT2D eigenvalue weighted by Crippen LogP contribution is -2.62. The van der Waals surface area contributed by atoms with Gasteiger partial charge in [-0.2, -0.15) is 17.5 Å². The SMILES string of the molecule is Cc1noc(C)c1S(=O)(=O)N1CCN(C(=O)Nc2ccc(C(F)(F)F)cc2)CC1C(=O)NCC1CCCO1. The van der Waals surface area contributed by atoms with E-state index >= 15 is 0 Å². The molecule has 0 aliphatic carbocycles. The van der Waals surface area contributed by atoms with Crippen LogP contribution in [0.3, 0.4) is 0 Å². The number of nitrogens with zero attached hydrogens (tertiary/aromatic N) is 3. The number of carbonyl (C=O) groups excluding carboxylic acids is 2. The highest BCUT2D eigenvalue weighted by Crippen LogP contribution is 2.30. The average Bonchev–Trinajstić information content (AvgIpc) is 3.51. The van der Waals surface area contributed by atoms with Gasteiger partial charge in [0.2, 0.25) is 15.9 Å². The molecular formula is C23H28F3N5O6S. The van der Waals surface area contributed by atoms with Crippen molar-refractivity contribution in [2.45, 2.75) is 49.9 Å². The molecule has 2 fully saturated rings. The van der Waals surface area contributed by atoms with Gasteiger partial charge >= 0.3 is 12.2 Å². The number of ether oxygens (including phenoxy) is 1. The zero-order chi connectivity index (χ0) is 27.7. The second-order valence-corrected chi connectivity index (χ2v) is 10.9. The van der Waals surface area contributed by atoms with Crippen molar-refractivity contribution < 1.29 is 40.4 Å². The topological polar surface area (TPSA) is 134 Å². The molecule has 2 aliphatic rings. The van der Waals surface area contributed by atoms with Gasteiger partial charge < -0.3 is 24.8 Å². The maximum atomic E-state index is 13.6. The Balaban J connectivity index is 1.52. The monoisotopic (exact) mass is 559 g/mol. The van der Waals surface area contributed by atoms with Gasteiger partial charge in [0.25, 0.3) is 0 Å². The van der Waals surface area contributed by atoms with E-state index in [1.807, 2.05) is 0 Å². The van der Waals surface area contributed by atoms with Crippen LogP contribution in [0.4, 0.5) is 23.7 Å². The lowest BCUT2D eigenvalue weighted by Gasteiger charge is -2.39. The van der Waals surface area contributed by atoms with E-state index in [-0.39, 0.29) is 54.3 Å². The van der Waals surface area contributed by atoms with E-state index in [0.29, 0.717) is 6.61 Å². The van der Waals surface area contributed by atoms with Crippen molar-refractivity contribution in [2.24, 2.45) is 0 Å². The van der Waals surface area contributed by atoms with Crippen LogP contribution in [0.15, 0.2) is 33.7 Å². The van der Waals surface area contributed by atoms with E-state index in [0.717, 1.165) is 41.4 Å². The lowest BCUT2D eigenvalue weighted by atomic mass is 10.2. The number of hydrogen-bond donors (Lipinski definition) is 2. The number of anilines is 1. The fraction of sp³-hybridized carbons (Fsp3) is 0.522. The molecule has 2 N–H and O–H groups in total. The van der Waals surface area contributed by atoms with Gasteiger partial charge in [0.15, 0.2) is 5.76 Å². The van der Waals surface area contributed by atoms with Crippen LogP contribution < -0.4 is 10.6 Å². The van der Waals surface area contributed by atoms with Gasteiger partial charge in [0.05, 0.1) is 11.7 Å². The number of piperazine rings is 1. The molecule has 4 rings (SSSR count). The first kappa shape index (κ1) is 27.9. The van der Waals surface area contributed by atoms with Crippen LogP contribution in [0.1, 0.15) is 29.9 Å². The molecule has 38 heavy (non-hydrogen) atoms. The Bertz CT molecular complexity index is 1260. The van der Waals surface area contributed by atoms with E-state index in [1.54, 1.807) is 0 Å². The third kappa shape index (κ3) is 5.94. The molecule has 208 valence electrons. The summed E-state index contributed by atoms with van der Waals surface area (Å²) in [4.78, 5) is 27.3. The Hall–Kier alpha value is -3.17. The van der Waals surface area contributed by atoms with Crippen LogP contribution in [0, 0.1) is 13.8 Å². The number of aryl methyl sites for hydroxylation is 2. The maximum absolute atomic E-state index is 13.6. The summed E-state index contributed by atoms with van der Waals surface area (Å²) < 4.78 is 77.2. The van der Waals surface area contributed by atoms with Crippen LogP contribution in [0.25, 0.3) is 0 Å². The summed E-state index contributed by atoms with van der Waals surface area (Å²) >= 11 is 0. The predicted octanol–water partition coefficient (Wildman–Crippen LogP) is 2.51. The molecule has 2 saturated heterocycles. The van der Waals surface area contributed by atoms with Crippen LogP contribution in [-0.4, -0.2) is 79.6 Å². The summed E-state index contributed by atoms with van der Waals surface area (Å²) in [5, 5.41) is 8.93. The van der Waals surface area contributed by atoms with Crippen molar-refractivity contribution in [3.63, 3.8) is 0 Å². The molecule has 2 aromatic rings. The zero-order valence-electron chi connectivity index (χ0n) is 20.7.